The Labute approximate surface area is 206 Å². The fourth-order valence-corrected chi connectivity index (χ4v) is 3.37. The van der Waals surface area contributed by atoms with Crippen LogP contribution >= 0.6 is 11.3 Å². The molecule has 1 amide bonds. The first-order valence-electron chi connectivity index (χ1n) is 11.0. The van der Waals surface area contributed by atoms with E-state index in [0.29, 0.717) is 18.0 Å². The number of nitrogens with one attached hydrogen (secondary N) is 2. The number of benzene rings is 1. The molecule has 1 aromatic carbocycles. The van der Waals surface area contributed by atoms with Gasteiger partial charge in [0.05, 0.1) is 24.0 Å². The monoisotopic (exact) mass is 483 g/mol. The van der Waals surface area contributed by atoms with Crippen LogP contribution in [-0.4, -0.2) is 69.1 Å². The largest absolute Gasteiger partial charge is 0.402 e. The van der Waals surface area contributed by atoms with E-state index in [1.165, 1.54) is 25.5 Å². The molecule has 4 rings (SSSR count). The van der Waals surface area contributed by atoms with E-state index in [0.717, 1.165) is 10.8 Å². The molecule has 2 N–H and O–H groups in total. The van der Waals surface area contributed by atoms with Crippen LogP contribution in [0.5, 0.6) is 0 Å². The summed E-state index contributed by atoms with van der Waals surface area (Å²) in [4.78, 5) is 26.7. The predicted octanol–water partition coefficient (Wildman–Crippen LogP) is 3.59. The van der Waals surface area contributed by atoms with Crippen LogP contribution in [0.3, 0.4) is 0 Å². The number of nitrogens with zero attached hydrogens (tertiary/aromatic N) is 2. The molecule has 1 saturated carbocycles. The zero-order valence-corrected chi connectivity index (χ0v) is 20.9. The van der Waals surface area contributed by atoms with Crippen molar-refractivity contribution in [3.63, 3.8) is 0 Å². The molecule has 181 valence electrons. The van der Waals surface area contributed by atoms with Crippen LogP contribution in [0.1, 0.15) is 23.2 Å². The maximum atomic E-state index is 11.7. The lowest BCUT2D eigenvalue weighted by Gasteiger charge is -2.10. The zero-order chi connectivity index (χ0) is 24.8. The van der Waals surface area contributed by atoms with Gasteiger partial charge in [0.25, 0.3) is 5.91 Å². The highest BCUT2D eigenvalue weighted by Gasteiger charge is 2.19. The average molecular weight is 483 g/mol. The highest BCUT2D eigenvalue weighted by molar-refractivity contribution is 7.14. The number of rotatable bonds is 9. The lowest BCUT2D eigenvalue weighted by atomic mass is 10.0. The van der Waals surface area contributed by atoms with Crippen LogP contribution in [0, 0.1) is 0 Å². The number of hydrogen-bond acceptors (Lipinski definition) is 7. The summed E-state index contributed by atoms with van der Waals surface area (Å²) in [6, 6.07) is 11.3. The second kappa shape index (κ2) is 15.1. The average Bonchev–Trinajstić information content (AvgIpc) is 3.39. The van der Waals surface area contributed by atoms with Crippen molar-refractivity contribution in [3.8, 4) is 11.3 Å². The first kappa shape index (κ1) is 27.3. The van der Waals surface area contributed by atoms with Crippen LogP contribution in [-0.2, 0) is 14.3 Å². The minimum absolute atomic E-state index is 0.176. The van der Waals surface area contributed by atoms with Crippen LogP contribution in [0.4, 0.5) is 5.13 Å². The van der Waals surface area contributed by atoms with Gasteiger partial charge in [0.15, 0.2) is 5.13 Å². The Kier molecular flexibility index (Phi) is 12.1. The summed E-state index contributed by atoms with van der Waals surface area (Å²) < 4.78 is 11.4. The number of methoxy groups -OCH3 is 2. The molecule has 1 fully saturated rings. The van der Waals surface area contributed by atoms with E-state index in [1.54, 1.807) is 41.4 Å². The van der Waals surface area contributed by atoms with Gasteiger partial charge >= 0.3 is 0 Å². The molecule has 8 nitrogen and oxygen atoms in total. The first-order chi connectivity index (χ1) is 16.5. The molecule has 10 heteroatoms. The molecular formula is C24H32BN4O4S. The van der Waals surface area contributed by atoms with Crippen molar-refractivity contribution in [2.75, 3.05) is 33.2 Å². The second-order valence-corrected chi connectivity index (χ2v) is 8.22. The van der Waals surface area contributed by atoms with Gasteiger partial charge in [-0.05, 0) is 25.1 Å². The Bertz CT molecular complexity index is 992. The van der Waals surface area contributed by atoms with Gasteiger partial charge in [-0.3, -0.25) is 4.79 Å². The highest BCUT2D eigenvalue weighted by atomic mass is 32.1. The molecule has 1 aliphatic carbocycles. The fraction of sp³-hybridized carbons (Fsp3) is 0.375. The molecule has 0 saturated heterocycles. The SMILES string of the molecule is CNc1nc(-c2ccccc2)cs1.COC1CC1.C[B]n1ccc(C(=O)NC(C=O)COC)c1. The summed E-state index contributed by atoms with van der Waals surface area (Å²) in [7, 11) is 6.94. The van der Waals surface area contributed by atoms with E-state index >= 15 is 0 Å². The Morgan fingerprint density at radius 1 is 1.29 bits per heavy atom. The van der Waals surface area contributed by atoms with Crippen LogP contribution in [0.2, 0.25) is 6.82 Å². The first-order valence-corrected chi connectivity index (χ1v) is 11.9. The van der Waals surface area contributed by atoms with Crippen molar-refractivity contribution in [1.29, 1.82) is 0 Å². The van der Waals surface area contributed by atoms with Crippen molar-refractivity contribution in [2.45, 2.75) is 31.8 Å². The maximum Gasteiger partial charge on any atom is 0.253 e. The molecule has 0 spiro atoms. The van der Waals surface area contributed by atoms with E-state index in [4.69, 9.17) is 9.47 Å². The standard InChI is InChI=1S/C10H14BN2O3.C10H10N2S.C4H8O/c1-11-13-4-3-8(5-13)10(15)12-9(6-14)7-16-2;1-11-10-12-9(7-13-10)8-5-3-2-4-6-8;1-5-4-2-3-4/h3-6,9H,7H2,1-2H3,(H,12,15);2-7H,1H3,(H,11,12);4H,2-3H2,1H3. The number of carbonyl (C=O) groups is 2. The minimum atomic E-state index is -0.605. The van der Waals surface area contributed by atoms with Gasteiger partial charge in [-0.1, -0.05) is 37.2 Å². The molecule has 2 aromatic heterocycles. The molecule has 3 aromatic rings. The molecule has 34 heavy (non-hydrogen) atoms. The number of anilines is 1. The van der Waals surface area contributed by atoms with Gasteiger partial charge in [0.1, 0.15) is 12.3 Å². The molecule has 2 heterocycles. The van der Waals surface area contributed by atoms with Gasteiger partial charge in [-0.25, -0.2) is 4.98 Å². The van der Waals surface area contributed by atoms with E-state index in [9.17, 15) is 9.59 Å². The van der Waals surface area contributed by atoms with Gasteiger partial charge in [0, 0.05) is 38.4 Å². The Morgan fingerprint density at radius 3 is 2.50 bits per heavy atom. The third-order valence-corrected chi connectivity index (χ3v) is 5.61. The molecule has 0 aliphatic heterocycles. The fourth-order valence-electron chi connectivity index (χ4n) is 2.69. The van der Waals surface area contributed by atoms with E-state index in [2.05, 4.69) is 33.1 Å². The number of amides is 1. The maximum absolute atomic E-state index is 11.7. The number of thiazole rings is 1. The summed E-state index contributed by atoms with van der Waals surface area (Å²) in [5.41, 5.74) is 2.72. The van der Waals surface area contributed by atoms with Crippen LogP contribution < -0.4 is 10.6 Å². The number of hydrogen-bond donors (Lipinski definition) is 2. The summed E-state index contributed by atoms with van der Waals surface area (Å²) in [6.07, 6.45) is 7.32. The van der Waals surface area contributed by atoms with Crippen LogP contribution in [0.25, 0.3) is 11.3 Å². The number of ether oxygens (including phenoxy) is 2. The molecule has 1 radical (unpaired) electrons. The quantitative estimate of drug-likeness (QED) is 0.357. The Hall–Kier alpha value is -2.95. The van der Waals surface area contributed by atoms with Crippen molar-refractivity contribution >= 4 is 36.1 Å². The summed E-state index contributed by atoms with van der Waals surface area (Å²) in [5.74, 6) is -0.283. The van der Waals surface area contributed by atoms with E-state index < -0.39 is 6.04 Å². The Morgan fingerprint density at radius 2 is 2.03 bits per heavy atom. The lowest BCUT2D eigenvalue weighted by Crippen LogP contribution is -2.39. The van der Waals surface area contributed by atoms with Crippen molar-refractivity contribution in [1.82, 2.24) is 14.8 Å². The molecule has 1 aliphatic rings. The van der Waals surface area contributed by atoms with Crippen molar-refractivity contribution < 1.29 is 19.1 Å². The smallest absolute Gasteiger partial charge is 0.253 e. The number of aldehydes is 1. The van der Waals surface area contributed by atoms with Gasteiger partial charge in [0.2, 0.25) is 7.41 Å². The normalized spacial score (nSPS) is 12.8. The lowest BCUT2D eigenvalue weighted by molar-refractivity contribution is -0.110. The third-order valence-electron chi connectivity index (χ3n) is 4.75. The zero-order valence-electron chi connectivity index (χ0n) is 20.1. The van der Waals surface area contributed by atoms with Crippen molar-refractivity contribution in [2.24, 2.45) is 0 Å². The van der Waals surface area contributed by atoms with Gasteiger partial charge in [-0.2, -0.15) is 0 Å². The van der Waals surface area contributed by atoms with Crippen LogP contribution in [0.15, 0.2) is 54.2 Å². The summed E-state index contributed by atoms with van der Waals surface area (Å²) in [6.45, 7) is 2.04. The number of carbonyl (C=O) groups excluding carboxylic acids is 2. The van der Waals surface area contributed by atoms with Gasteiger partial charge < -0.3 is 29.4 Å². The predicted molar refractivity (Wildman–Crippen MR) is 138 cm³/mol. The molecule has 1 unspecified atom stereocenters. The molecular weight excluding hydrogens is 451 g/mol. The van der Waals surface area contributed by atoms with E-state index in [1.807, 2.05) is 39.5 Å². The highest BCUT2D eigenvalue weighted by Crippen LogP contribution is 2.23. The van der Waals surface area contributed by atoms with Crippen molar-refractivity contribution in [3.05, 3.63) is 59.7 Å². The summed E-state index contributed by atoms with van der Waals surface area (Å²) >= 11 is 1.62. The minimum Gasteiger partial charge on any atom is -0.402 e. The molecule has 0 bridgehead atoms. The topological polar surface area (TPSA) is 94.5 Å². The third kappa shape index (κ3) is 9.50. The Balaban J connectivity index is 0.000000202. The molecule has 1 atom stereocenters. The van der Waals surface area contributed by atoms with Gasteiger partial charge in [-0.15, -0.1) is 11.3 Å². The second-order valence-electron chi connectivity index (χ2n) is 7.37. The number of aromatic nitrogens is 2. The van der Waals surface area contributed by atoms with E-state index in [-0.39, 0.29) is 12.5 Å². The summed E-state index contributed by atoms with van der Waals surface area (Å²) in [5, 5.41) is 8.60.